The normalized spacial score (nSPS) is 10.3. The van der Waals surface area contributed by atoms with Gasteiger partial charge in [0.05, 0.1) is 0 Å². The number of carbonyl (C=O) groups is 1. The summed E-state index contributed by atoms with van der Waals surface area (Å²) in [6.07, 6.45) is 0. The van der Waals surface area contributed by atoms with Crippen LogP contribution in [-0.4, -0.2) is 5.78 Å². The zero-order valence-electron chi connectivity index (χ0n) is 9.83. The van der Waals surface area contributed by atoms with Crippen molar-refractivity contribution in [3.8, 4) is 11.1 Å². The van der Waals surface area contributed by atoms with Crippen LogP contribution in [0.1, 0.15) is 22.8 Å². The molecule has 2 rings (SSSR count). The first-order valence-electron chi connectivity index (χ1n) is 5.45. The van der Waals surface area contributed by atoms with Crippen molar-refractivity contribution >= 4 is 17.4 Å². The van der Waals surface area contributed by atoms with Gasteiger partial charge in [-0.25, -0.2) is 0 Å². The molecule has 0 aromatic heterocycles. The van der Waals surface area contributed by atoms with E-state index in [-0.39, 0.29) is 5.78 Å². The second-order valence-electron chi connectivity index (χ2n) is 4.09. The van der Waals surface area contributed by atoms with Gasteiger partial charge >= 0.3 is 0 Å². The summed E-state index contributed by atoms with van der Waals surface area (Å²) >= 11 is 5.93. The van der Waals surface area contributed by atoms with Gasteiger partial charge in [0.2, 0.25) is 0 Å². The zero-order chi connectivity index (χ0) is 12.4. The summed E-state index contributed by atoms with van der Waals surface area (Å²) in [7, 11) is 0. The topological polar surface area (TPSA) is 17.1 Å². The average molecular weight is 245 g/mol. The van der Waals surface area contributed by atoms with Crippen molar-refractivity contribution in [3.63, 3.8) is 0 Å². The van der Waals surface area contributed by atoms with Crippen LogP contribution >= 0.6 is 11.6 Å². The molecule has 0 fully saturated rings. The minimum atomic E-state index is 0.0874. The Balaban J connectivity index is 2.43. The lowest BCUT2D eigenvalue weighted by molar-refractivity contribution is 0.101. The number of Topliss-reactive ketones (excluding diaryl/α,β-unsaturated/α-hetero) is 1. The third-order valence-corrected chi connectivity index (χ3v) is 3.03. The molecule has 0 heterocycles. The summed E-state index contributed by atoms with van der Waals surface area (Å²) in [6, 6.07) is 13.5. The molecule has 0 aliphatic heterocycles. The largest absolute Gasteiger partial charge is 0.295 e. The Labute approximate surface area is 106 Å². The van der Waals surface area contributed by atoms with E-state index in [0.717, 1.165) is 27.3 Å². The number of carbonyl (C=O) groups excluding carboxylic acids is 1. The van der Waals surface area contributed by atoms with E-state index in [1.807, 2.05) is 49.4 Å². The molecule has 2 heteroatoms. The van der Waals surface area contributed by atoms with Gasteiger partial charge in [0.15, 0.2) is 5.78 Å². The van der Waals surface area contributed by atoms with Crippen LogP contribution in [0.3, 0.4) is 0 Å². The summed E-state index contributed by atoms with van der Waals surface area (Å²) in [5, 5.41) is 0.742. The minimum Gasteiger partial charge on any atom is -0.295 e. The predicted molar refractivity (Wildman–Crippen MR) is 71.6 cm³/mol. The lowest BCUT2D eigenvalue weighted by Gasteiger charge is -2.07. The highest BCUT2D eigenvalue weighted by Crippen LogP contribution is 2.26. The number of halogens is 1. The second kappa shape index (κ2) is 4.72. The standard InChI is InChI=1S/C15H13ClO/c1-10-9-14(16)7-8-15(10)13-5-3-12(4-6-13)11(2)17/h3-9H,1-2H3. The molecule has 2 aromatic rings. The number of benzene rings is 2. The van der Waals surface area contributed by atoms with Gasteiger partial charge in [-0.05, 0) is 42.7 Å². The van der Waals surface area contributed by atoms with Gasteiger partial charge in [-0.1, -0.05) is 41.9 Å². The molecular weight excluding hydrogens is 232 g/mol. The van der Waals surface area contributed by atoms with Gasteiger partial charge in [0, 0.05) is 10.6 Å². The quantitative estimate of drug-likeness (QED) is 0.710. The predicted octanol–water partition coefficient (Wildman–Crippen LogP) is 4.52. The Hall–Kier alpha value is -1.60. The molecule has 0 spiro atoms. The Morgan fingerprint density at radius 1 is 1.06 bits per heavy atom. The van der Waals surface area contributed by atoms with Crippen molar-refractivity contribution in [3.05, 3.63) is 58.6 Å². The zero-order valence-corrected chi connectivity index (χ0v) is 10.6. The van der Waals surface area contributed by atoms with Gasteiger partial charge in [0.25, 0.3) is 0 Å². The summed E-state index contributed by atoms with van der Waals surface area (Å²) in [4.78, 5) is 11.2. The van der Waals surface area contributed by atoms with Crippen molar-refractivity contribution in [2.24, 2.45) is 0 Å². The van der Waals surface area contributed by atoms with Gasteiger partial charge in [-0.15, -0.1) is 0 Å². The first-order valence-corrected chi connectivity index (χ1v) is 5.83. The lowest BCUT2D eigenvalue weighted by Crippen LogP contribution is -1.91. The third-order valence-electron chi connectivity index (χ3n) is 2.79. The van der Waals surface area contributed by atoms with E-state index < -0.39 is 0 Å². The molecule has 0 unspecified atom stereocenters. The maximum atomic E-state index is 11.2. The van der Waals surface area contributed by atoms with Crippen molar-refractivity contribution in [1.29, 1.82) is 0 Å². The second-order valence-corrected chi connectivity index (χ2v) is 4.53. The van der Waals surface area contributed by atoms with E-state index in [9.17, 15) is 4.79 Å². The van der Waals surface area contributed by atoms with Gasteiger partial charge in [-0.3, -0.25) is 4.79 Å². The summed E-state index contributed by atoms with van der Waals surface area (Å²) in [5.41, 5.74) is 4.11. The van der Waals surface area contributed by atoms with Crippen LogP contribution in [0.2, 0.25) is 5.02 Å². The maximum Gasteiger partial charge on any atom is 0.159 e. The summed E-state index contributed by atoms with van der Waals surface area (Å²) < 4.78 is 0. The van der Waals surface area contributed by atoms with Crippen LogP contribution in [-0.2, 0) is 0 Å². The highest BCUT2D eigenvalue weighted by atomic mass is 35.5. The molecule has 0 radical (unpaired) electrons. The molecule has 0 N–H and O–H groups in total. The first kappa shape index (κ1) is 11.9. The molecule has 2 aromatic carbocycles. The van der Waals surface area contributed by atoms with Gasteiger partial charge in [0.1, 0.15) is 0 Å². The molecule has 86 valence electrons. The summed E-state index contributed by atoms with van der Waals surface area (Å²) in [6.45, 7) is 3.60. The molecule has 0 aliphatic rings. The highest BCUT2D eigenvalue weighted by molar-refractivity contribution is 6.30. The SMILES string of the molecule is CC(=O)c1ccc(-c2ccc(Cl)cc2C)cc1. The van der Waals surface area contributed by atoms with E-state index in [1.54, 1.807) is 6.92 Å². The fourth-order valence-electron chi connectivity index (χ4n) is 1.84. The van der Waals surface area contributed by atoms with E-state index in [4.69, 9.17) is 11.6 Å². The van der Waals surface area contributed by atoms with Crippen molar-refractivity contribution < 1.29 is 4.79 Å². The minimum absolute atomic E-state index is 0.0874. The van der Waals surface area contributed by atoms with Crippen LogP contribution in [0.15, 0.2) is 42.5 Å². The van der Waals surface area contributed by atoms with Crippen LogP contribution in [0.25, 0.3) is 11.1 Å². The Morgan fingerprint density at radius 2 is 1.71 bits per heavy atom. The van der Waals surface area contributed by atoms with Crippen molar-refractivity contribution in [2.45, 2.75) is 13.8 Å². The molecular formula is C15H13ClO. The summed E-state index contributed by atoms with van der Waals surface area (Å²) in [5.74, 6) is 0.0874. The monoisotopic (exact) mass is 244 g/mol. The average Bonchev–Trinajstić information content (AvgIpc) is 2.29. The number of hydrogen-bond donors (Lipinski definition) is 0. The molecule has 0 bridgehead atoms. The lowest BCUT2D eigenvalue weighted by atomic mass is 9.99. The van der Waals surface area contributed by atoms with Gasteiger partial charge in [-0.2, -0.15) is 0 Å². The Bertz CT molecular complexity index is 556. The Morgan fingerprint density at radius 3 is 2.24 bits per heavy atom. The van der Waals surface area contributed by atoms with E-state index in [1.165, 1.54) is 0 Å². The van der Waals surface area contributed by atoms with Crippen molar-refractivity contribution in [2.75, 3.05) is 0 Å². The van der Waals surface area contributed by atoms with E-state index in [2.05, 4.69) is 0 Å². The first-order chi connectivity index (χ1) is 8.08. The van der Waals surface area contributed by atoms with Crippen LogP contribution in [0.5, 0.6) is 0 Å². The number of ketones is 1. The van der Waals surface area contributed by atoms with Crippen LogP contribution in [0.4, 0.5) is 0 Å². The van der Waals surface area contributed by atoms with E-state index in [0.29, 0.717) is 0 Å². The molecule has 0 aliphatic carbocycles. The molecule has 0 saturated heterocycles. The third kappa shape index (κ3) is 2.56. The number of aryl methyl sites for hydroxylation is 1. The van der Waals surface area contributed by atoms with Gasteiger partial charge < -0.3 is 0 Å². The number of hydrogen-bond acceptors (Lipinski definition) is 1. The van der Waals surface area contributed by atoms with Crippen molar-refractivity contribution in [1.82, 2.24) is 0 Å². The molecule has 0 amide bonds. The molecule has 0 saturated carbocycles. The fraction of sp³-hybridized carbons (Fsp3) is 0.133. The van der Waals surface area contributed by atoms with Crippen LogP contribution < -0.4 is 0 Å². The van der Waals surface area contributed by atoms with E-state index >= 15 is 0 Å². The molecule has 0 atom stereocenters. The Kier molecular flexibility index (Phi) is 3.30. The molecule has 1 nitrogen and oxygen atoms in total. The highest BCUT2D eigenvalue weighted by Gasteiger charge is 2.04. The van der Waals surface area contributed by atoms with Crippen LogP contribution in [0, 0.1) is 6.92 Å². The fourth-order valence-corrected chi connectivity index (χ4v) is 2.06. The molecule has 17 heavy (non-hydrogen) atoms. The smallest absolute Gasteiger partial charge is 0.159 e. The number of rotatable bonds is 2. The maximum absolute atomic E-state index is 11.2.